The molecule has 5 heteroatoms. The molecule has 0 aromatic carbocycles. The number of furan rings is 1. The molecule has 1 aromatic rings. The largest absolute Gasteiger partial charge is 0.464 e. The Labute approximate surface area is 139 Å². The van der Waals surface area contributed by atoms with Gasteiger partial charge in [-0.2, -0.15) is 0 Å². The molecule has 1 fully saturated rings. The van der Waals surface area contributed by atoms with Gasteiger partial charge >= 0.3 is 6.03 Å². The summed E-state index contributed by atoms with van der Waals surface area (Å²) in [6.07, 6.45) is 4.85. The smallest absolute Gasteiger partial charge is 0.315 e. The molecule has 0 spiro atoms. The fourth-order valence-corrected chi connectivity index (χ4v) is 3.16. The third-order valence-electron chi connectivity index (χ3n) is 4.46. The molecule has 130 valence electrons. The number of nitrogens with one attached hydrogen (secondary N) is 2. The minimum atomic E-state index is -0.127. The molecule has 2 rings (SSSR count). The minimum absolute atomic E-state index is 0.112. The Morgan fingerprint density at radius 2 is 2.26 bits per heavy atom. The van der Waals surface area contributed by atoms with E-state index in [2.05, 4.69) is 22.5 Å². The Bertz CT molecular complexity index is 486. The lowest BCUT2D eigenvalue weighted by atomic mass is 10.0. The van der Waals surface area contributed by atoms with Crippen LogP contribution in [0.2, 0.25) is 0 Å². The fraction of sp³-hybridized carbons (Fsp3) is 0.722. The summed E-state index contributed by atoms with van der Waals surface area (Å²) >= 11 is 0. The highest BCUT2D eigenvalue weighted by Gasteiger charge is 2.15. The maximum atomic E-state index is 11.9. The van der Waals surface area contributed by atoms with E-state index in [0.29, 0.717) is 0 Å². The molecule has 1 aromatic heterocycles. The SMILES string of the molecule is Cc1ccc(C(C)NC(=O)NCCCCN2CCCC(C)C2)o1. The number of piperidine rings is 1. The summed E-state index contributed by atoms with van der Waals surface area (Å²) < 4.78 is 5.52. The normalized spacial score (nSPS) is 20.2. The number of carbonyl (C=O) groups excluding carboxylic acids is 1. The maximum Gasteiger partial charge on any atom is 0.315 e. The van der Waals surface area contributed by atoms with Crippen LogP contribution in [-0.4, -0.2) is 37.1 Å². The quantitative estimate of drug-likeness (QED) is 0.756. The Morgan fingerprint density at radius 1 is 1.43 bits per heavy atom. The van der Waals surface area contributed by atoms with Crippen molar-refractivity contribution in [3.05, 3.63) is 23.7 Å². The van der Waals surface area contributed by atoms with Crippen LogP contribution < -0.4 is 10.6 Å². The summed E-state index contributed by atoms with van der Waals surface area (Å²) in [6.45, 7) is 10.5. The maximum absolute atomic E-state index is 11.9. The van der Waals surface area contributed by atoms with Gasteiger partial charge in [-0.25, -0.2) is 4.79 Å². The van der Waals surface area contributed by atoms with E-state index in [9.17, 15) is 4.79 Å². The summed E-state index contributed by atoms with van der Waals surface area (Å²) in [5.41, 5.74) is 0. The van der Waals surface area contributed by atoms with E-state index in [0.717, 1.165) is 43.4 Å². The van der Waals surface area contributed by atoms with Gasteiger partial charge in [0, 0.05) is 13.1 Å². The molecular weight excluding hydrogens is 290 g/mol. The lowest BCUT2D eigenvalue weighted by molar-refractivity contribution is 0.181. The number of hydrogen-bond donors (Lipinski definition) is 2. The first-order valence-corrected chi connectivity index (χ1v) is 8.87. The van der Waals surface area contributed by atoms with Crippen molar-refractivity contribution in [2.45, 2.75) is 52.5 Å². The van der Waals surface area contributed by atoms with Crippen molar-refractivity contribution in [1.29, 1.82) is 0 Å². The lowest BCUT2D eigenvalue weighted by Crippen LogP contribution is -2.38. The highest BCUT2D eigenvalue weighted by Crippen LogP contribution is 2.16. The zero-order chi connectivity index (χ0) is 16.7. The number of urea groups is 1. The van der Waals surface area contributed by atoms with Gasteiger partial charge in [-0.15, -0.1) is 0 Å². The standard InChI is InChI=1S/C18H31N3O2/c1-14-7-6-12-21(13-14)11-5-4-10-19-18(22)20-16(3)17-9-8-15(2)23-17/h8-9,14,16H,4-7,10-13H2,1-3H3,(H2,19,20,22). The topological polar surface area (TPSA) is 57.5 Å². The van der Waals surface area contributed by atoms with Crippen LogP contribution in [0.25, 0.3) is 0 Å². The molecule has 2 unspecified atom stereocenters. The number of likely N-dealkylation sites (tertiary alicyclic amines) is 1. The molecule has 5 nitrogen and oxygen atoms in total. The highest BCUT2D eigenvalue weighted by atomic mass is 16.3. The number of rotatable bonds is 7. The zero-order valence-electron chi connectivity index (χ0n) is 14.7. The molecule has 2 N–H and O–H groups in total. The average Bonchev–Trinajstić information content (AvgIpc) is 2.93. The fourth-order valence-electron chi connectivity index (χ4n) is 3.16. The number of carbonyl (C=O) groups is 1. The van der Waals surface area contributed by atoms with E-state index in [1.54, 1.807) is 0 Å². The summed E-state index contributed by atoms with van der Waals surface area (Å²) in [6, 6.07) is 3.57. The molecule has 0 aliphatic carbocycles. The van der Waals surface area contributed by atoms with Crippen LogP contribution in [0.15, 0.2) is 16.5 Å². The molecule has 0 saturated carbocycles. The molecule has 2 amide bonds. The number of amides is 2. The summed E-state index contributed by atoms with van der Waals surface area (Å²) in [5, 5.41) is 5.83. The Kier molecular flexibility index (Phi) is 6.96. The van der Waals surface area contributed by atoms with E-state index >= 15 is 0 Å². The van der Waals surface area contributed by atoms with Gasteiger partial charge in [0.15, 0.2) is 0 Å². The van der Waals surface area contributed by atoms with Crippen LogP contribution in [0.3, 0.4) is 0 Å². The Hall–Kier alpha value is -1.49. The van der Waals surface area contributed by atoms with Crippen molar-refractivity contribution < 1.29 is 9.21 Å². The predicted octanol–water partition coefficient (Wildman–Crippen LogP) is 3.46. The zero-order valence-corrected chi connectivity index (χ0v) is 14.7. The summed E-state index contributed by atoms with van der Waals surface area (Å²) in [4.78, 5) is 14.4. The monoisotopic (exact) mass is 321 g/mol. The van der Waals surface area contributed by atoms with Crippen LogP contribution >= 0.6 is 0 Å². The molecule has 0 radical (unpaired) electrons. The van der Waals surface area contributed by atoms with Crippen LogP contribution in [-0.2, 0) is 0 Å². The first-order valence-electron chi connectivity index (χ1n) is 8.87. The second kappa shape index (κ2) is 8.96. The van der Waals surface area contributed by atoms with Crippen molar-refractivity contribution in [2.24, 2.45) is 5.92 Å². The van der Waals surface area contributed by atoms with Crippen molar-refractivity contribution in [3.63, 3.8) is 0 Å². The van der Waals surface area contributed by atoms with Crippen molar-refractivity contribution in [3.8, 4) is 0 Å². The third-order valence-corrected chi connectivity index (χ3v) is 4.46. The number of unbranched alkanes of at least 4 members (excludes halogenated alkanes) is 1. The van der Waals surface area contributed by atoms with E-state index < -0.39 is 0 Å². The summed E-state index contributed by atoms with van der Waals surface area (Å²) in [5.74, 6) is 2.48. The van der Waals surface area contributed by atoms with Gasteiger partial charge in [0.2, 0.25) is 0 Å². The van der Waals surface area contributed by atoms with Crippen molar-refractivity contribution >= 4 is 6.03 Å². The van der Waals surface area contributed by atoms with Gasteiger partial charge in [0.05, 0.1) is 6.04 Å². The Morgan fingerprint density at radius 3 is 2.96 bits per heavy atom. The number of aryl methyl sites for hydroxylation is 1. The number of nitrogens with zero attached hydrogens (tertiary/aromatic N) is 1. The second-order valence-corrected chi connectivity index (χ2v) is 6.83. The first-order chi connectivity index (χ1) is 11.0. The van der Waals surface area contributed by atoms with Crippen LogP contribution in [0.1, 0.15) is 57.1 Å². The highest BCUT2D eigenvalue weighted by molar-refractivity contribution is 5.74. The molecular formula is C18H31N3O2. The molecule has 23 heavy (non-hydrogen) atoms. The summed E-state index contributed by atoms with van der Waals surface area (Å²) in [7, 11) is 0. The predicted molar refractivity (Wildman–Crippen MR) is 92.5 cm³/mol. The Balaban J connectivity index is 1.54. The van der Waals surface area contributed by atoms with Crippen LogP contribution in [0.5, 0.6) is 0 Å². The molecule has 1 saturated heterocycles. The van der Waals surface area contributed by atoms with Crippen molar-refractivity contribution in [1.82, 2.24) is 15.5 Å². The van der Waals surface area contributed by atoms with Gasteiger partial charge in [-0.05, 0) is 70.7 Å². The van der Waals surface area contributed by atoms with E-state index in [1.165, 1.54) is 25.9 Å². The third kappa shape index (κ3) is 6.26. The second-order valence-electron chi connectivity index (χ2n) is 6.83. The van der Waals surface area contributed by atoms with Gasteiger partial charge in [0.25, 0.3) is 0 Å². The molecule has 0 bridgehead atoms. The van der Waals surface area contributed by atoms with Crippen molar-refractivity contribution in [2.75, 3.05) is 26.2 Å². The molecule has 2 atom stereocenters. The molecule has 2 heterocycles. The molecule has 1 aliphatic heterocycles. The minimum Gasteiger partial charge on any atom is -0.464 e. The van der Waals surface area contributed by atoms with E-state index in [-0.39, 0.29) is 12.1 Å². The van der Waals surface area contributed by atoms with E-state index in [1.807, 2.05) is 26.0 Å². The van der Waals surface area contributed by atoms with Gasteiger partial charge in [-0.3, -0.25) is 0 Å². The first kappa shape index (κ1) is 17.9. The molecule has 1 aliphatic rings. The van der Waals surface area contributed by atoms with E-state index in [4.69, 9.17) is 4.42 Å². The van der Waals surface area contributed by atoms with Crippen LogP contribution in [0.4, 0.5) is 4.79 Å². The van der Waals surface area contributed by atoms with Gasteiger partial charge in [-0.1, -0.05) is 6.92 Å². The van der Waals surface area contributed by atoms with Gasteiger partial charge in [0.1, 0.15) is 11.5 Å². The number of hydrogen-bond acceptors (Lipinski definition) is 3. The average molecular weight is 321 g/mol. The van der Waals surface area contributed by atoms with Crippen LogP contribution in [0, 0.1) is 12.8 Å². The van der Waals surface area contributed by atoms with Gasteiger partial charge < -0.3 is 20.0 Å². The lowest BCUT2D eigenvalue weighted by Gasteiger charge is -2.30.